The largest absolute Gasteiger partial charge is 0.399 e. The lowest BCUT2D eigenvalue weighted by atomic mass is 10.3. The zero-order valence-corrected chi connectivity index (χ0v) is 8.39. The second kappa shape index (κ2) is 4.63. The van der Waals surface area contributed by atoms with Crippen molar-refractivity contribution in [1.29, 1.82) is 5.26 Å². The summed E-state index contributed by atoms with van der Waals surface area (Å²) in [7, 11) is 1.52. The first-order valence-electron chi connectivity index (χ1n) is 3.81. The molecule has 0 aliphatic heterocycles. The molecule has 0 bridgehead atoms. The predicted octanol–water partition coefficient (Wildman–Crippen LogP) is 2.18. The third kappa shape index (κ3) is 2.56. The molecular weight excluding hydrogens is 184 g/mol. The summed E-state index contributed by atoms with van der Waals surface area (Å²) in [5.74, 6) is 0. The number of rotatable bonds is 3. The summed E-state index contributed by atoms with van der Waals surface area (Å²) < 4.78 is 0. The van der Waals surface area contributed by atoms with Crippen molar-refractivity contribution >= 4 is 17.0 Å². The standard InChI is InChI=1S/C9H10N2OS/c1-7(11-12-2)9-4-3-8(13-9)5-6-10/h3-4H,5H2,1-2H3/b11-7+. The third-order valence-electron chi connectivity index (χ3n) is 1.50. The minimum atomic E-state index is 0.463. The first kappa shape index (κ1) is 9.75. The lowest BCUT2D eigenvalue weighted by molar-refractivity contribution is 0.213. The van der Waals surface area contributed by atoms with Crippen molar-refractivity contribution in [3.63, 3.8) is 0 Å². The van der Waals surface area contributed by atoms with Crippen molar-refractivity contribution < 1.29 is 4.84 Å². The van der Waals surface area contributed by atoms with Gasteiger partial charge in [0.15, 0.2) is 0 Å². The molecule has 0 aliphatic rings. The number of nitrogens with zero attached hydrogens (tertiary/aromatic N) is 2. The summed E-state index contributed by atoms with van der Waals surface area (Å²) in [6.07, 6.45) is 0.463. The summed E-state index contributed by atoms with van der Waals surface area (Å²) in [6.45, 7) is 1.88. The average Bonchev–Trinajstić information content (AvgIpc) is 2.54. The van der Waals surface area contributed by atoms with Crippen molar-refractivity contribution in [2.24, 2.45) is 5.16 Å². The van der Waals surface area contributed by atoms with Gasteiger partial charge in [0.2, 0.25) is 0 Å². The van der Waals surface area contributed by atoms with E-state index in [4.69, 9.17) is 5.26 Å². The molecule has 1 rings (SSSR count). The van der Waals surface area contributed by atoms with Gasteiger partial charge in [-0.2, -0.15) is 5.26 Å². The molecule has 1 aromatic rings. The van der Waals surface area contributed by atoms with Crippen LogP contribution in [0, 0.1) is 11.3 Å². The molecule has 0 N–H and O–H groups in total. The Balaban J connectivity index is 2.80. The minimum Gasteiger partial charge on any atom is -0.399 e. The molecule has 13 heavy (non-hydrogen) atoms. The van der Waals surface area contributed by atoms with Gasteiger partial charge in [-0.25, -0.2) is 0 Å². The van der Waals surface area contributed by atoms with Crippen LogP contribution in [-0.2, 0) is 11.3 Å². The molecule has 3 nitrogen and oxygen atoms in total. The van der Waals surface area contributed by atoms with Crippen LogP contribution in [0.15, 0.2) is 17.3 Å². The van der Waals surface area contributed by atoms with Crippen molar-refractivity contribution in [3.05, 3.63) is 21.9 Å². The molecule has 0 radical (unpaired) electrons. The van der Waals surface area contributed by atoms with Crippen LogP contribution in [0.2, 0.25) is 0 Å². The zero-order chi connectivity index (χ0) is 9.68. The van der Waals surface area contributed by atoms with Crippen molar-refractivity contribution in [2.45, 2.75) is 13.3 Å². The maximum Gasteiger partial charge on any atom is 0.106 e. The fourth-order valence-corrected chi connectivity index (χ4v) is 1.80. The molecule has 0 saturated carbocycles. The second-order valence-electron chi connectivity index (χ2n) is 2.46. The van der Waals surface area contributed by atoms with E-state index in [2.05, 4.69) is 16.1 Å². The van der Waals surface area contributed by atoms with E-state index < -0.39 is 0 Å². The van der Waals surface area contributed by atoms with E-state index in [1.54, 1.807) is 11.3 Å². The number of hydrogen-bond donors (Lipinski definition) is 0. The fourth-order valence-electron chi connectivity index (χ4n) is 0.927. The van der Waals surface area contributed by atoms with Gasteiger partial charge in [0.05, 0.1) is 23.1 Å². The van der Waals surface area contributed by atoms with Crippen LogP contribution in [0.5, 0.6) is 0 Å². The molecule has 0 saturated heterocycles. The summed E-state index contributed by atoms with van der Waals surface area (Å²) in [4.78, 5) is 6.76. The minimum absolute atomic E-state index is 0.463. The lowest BCUT2D eigenvalue weighted by Crippen LogP contribution is -1.90. The SMILES string of the molecule is CO/N=C(\C)c1ccc(CC#N)s1. The van der Waals surface area contributed by atoms with Crippen LogP contribution >= 0.6 is 11.3 Å². The number of hydrogen-bond acceptors (Lipinski definition) is 4. The molecule has 4 heteroatoms. The second-order valence-corrected chi connectivity index (χ2v) is 3.63. The molecule has 0 unspecified atom stereocenters. The van der Waals surface area contributed by atoms with Crippen molar-refractivity contribution in [3.8, 4) is 6.07 Å². The maximum absolute atomic E-state index is 8.47. The van der Waals surface area contributed by atoms with Crippen LogP contribution in [0.25, 0.3) is 0 Å². The molecule has 0 fully saturated rings. The van der Waals surface area contributed by atoms with Gasteiger partial charge < -0.3 is 4.84 Å². The first-order valence-corrected chi connectivity index (χ1v) is 4.63. The molecule has 0 amide bonds. The molecular formula is C9H10N2OS. The van der Waals surface area contributed by atoms with Crippen LogP contribution in [-0.4, -0.2) is 12.8 Å². The first-order chi connectivity index (χ1) is 6.27. The Bertz CT molecular complexity index is 349. The highest BCUT2D eigenvalue weighted by Crippen LogP contribution is 2.17. The maximum atomic E-state index is 8.47. The van der Waals surface area contributed by atoms with E-state index in [0.29, 0.717) is 6.42 Å². The molecule has 0 atom stereocenters. The van der Waals surface area contributed by atoms with E-state index in [1.807, 2.05) is 19.1 Å². The van der Waals surface area contributed by atoms with Gasteiger partial charge >= 0.3 is 0 Å². The Morgan fingerprint density at radius 1 is 1.69 bits per heavy atom. The lowest BCUT2D eigenvalue weighted by Gasteiger charge is -1.92. The zero-order valence-electron chi connectivity index (χ0n) is 7.57. The van der Waals surface area contributed by atoms with Crippen LogP contribution in [0.4, 0.5) is 0 Å². The Morgan fingerprint density at radius 2 is 2.46 bits per heavy atom. The van der Waals surface area contributed by atoms with Gasteiger partial charge in [-0.1, -0.05) is 5.16 Å². The summed E-state index contributed by atoms with van der Waals surface area (Å²) >= 11 is 1.57. The Hall–Kier alpha value is -1.34. The fraction of sp³-hybridized carbons (Fsp3) is 0.333. The molecule has 68 valence electrons. The highest BCUT2D eigenvalue weighted by Gasteiger charge is 2.02. The van der Waals surface area contributed by atoms with E-state index in [-0.39, 0.29) is 0 Å². The predicted molar refractivity (Wildman–Crippen MR) is 52.9 cm³/mol. The molecule has 1 aromatic heterocycles. The van der Waals surface area contributed by atoms with Crippen LogP contribution in [0.3, 0.4) is 0 Å². The highest BCUT2D eigenvalue weighted by molar-refractivity contribution is 7.14. The van der Waals surface area contributed by atoms with Gasteiger partial charge in [0.1, 0.15) is 7.11 Å². The quantitative estimate of drug-likeness (QED) is 0.547. The van der Waals surface area contributed by atoms with Gasteiger partial charge in [-0.15, -0.1) is 11.3 Å². The summed E-state index contributed by atoms with van der Waals surface area (Å²) in [6, 6.07) is 6.00. The van der Waals surface area contributed by atoms with Crippen LogP contribution in [0.1, 0.15) is 16.7 Å². The van der Waals surface area contributed by atoms with Gasteiger partial charge in [-0.05, 0) is 19.1 Å². The van der Waals surface area contributed by atoms with E-state index >= 15 is 0 Å². The number of thiophene rings is 1. The smallest absolute Gasteiger partial charge is 0.106 e. The Kier molecular flexibility index (Phi) is 3.47. The monoisotopic (exact) mass is 194 g/mol. The number of oxime groups is 1. The highest BCUT2D eigenvalue weighted by atomic mass is 32.1. The Labute approximate surface area is 81.3 Å². The van der Waals surface area contributed by atoms with E-state index in [9.17, 15) is 0 Å². The Morgan fingerprint density at radius 3 is 3.08 bits per heavy atom. The van der Waals surface area contributed by atoms with Crippen LogP contribution < -0.4 is 0 Å². The topological polar surface area (TPSA) is 45.4 Å². The molecule has 0 spiro atoms. The van der Waals surface area contributed by atoms with Gasteiger partial charge in [-0.3, -0.25) is 0 Å². The normalized spacial score (nSPS) is 11.0. The molecule has 0 aromatic carbocycles. The van der Waals surface area contributed by atoms with Gasteiger partial charge in [0.25, 0.3) is 0 Å². The van der Waals surface area contributed by atoms with Crippen molar-refractivity contribution in [1.82, 2.24) is 0 Å². The summed E-state index contributed by atoms with van der Waals surface area (Å²) in [5.41, 5.74) is 0.844. The summed E-state index contributed by atoms with van der Waals surface area (Å²) in [5, 5.41) is 12.3. The van der Waals surface area contributed by atoms with E-state index in [0.717, 1.165) is 15.5 Å². The molecule has 0 aliphatic carbocycles. The number of nitriles is 1. The van der Waals surface area contributed by atoms with Gasteiger partial charge in [0, 0.05) is 4.88 Å². The third-order valence-corrected chi connectivity index (χ3v) is 2.69. The average molecular weight is 194 g/mol. The van der Waals surface area contributed by atoms with E-state index in [1.165, 1.54) is 7.11 Å². The molecule has 1 heterocycles. The van der Waals surface area contributed by atoms with Crippen molar-refractivity contribution in [2.75, 3.05) is 7.11 Å².